The van der Waals surface area contributed by atoms with Gasteiger partial charge in [0.1, 0.15) is 0 Å². The summed E-state index contributed by atoms with van der Waals surface area (Å²) in [6.07, 6.45) is 1.79. The molecule has 2 aromatic rings. The quantitative estimate of drug-likeness (QED) is 0.593. The van der Waals surface area contributed by atoms with E-state index in [1.165, 1.54) is 6.07 Å². The number of aromatic nitrogens is 1. The lowest BCUT2D eigenvalue weighted by Crippen LogP contribution is -2.12. The molecule has 1 aromatic carbocycles. The molecular formula is C11H9NO3. The number of fused-ring (bicyclic) bond motifs is 1. The van der Waals surface area contributed by atoms with Gasteiger partial charge >= 0.3 is 5.97 Å². The van der Waals surface area contributed by atoms with Gasteiger partial charge in [-0.2, -0.15) is 0 Å². The molecule has 4 nitrogen and oxygen atoms in total. The molecular weight excluding hydrogens is 194 g/mol. The van der Waals surface area contributed by atoms with Crippen molar-refractivity contribution in [3.8, 4) is 0 Å². The van der Waals surface area contributed by atoms with E-state index >= 15 is 0 Å². The fraction of sp³-hybridized carbons (Fsp3) is 0.0909. The molecule has 0 spiro atoms. The van der Waals surface area contributed by atoms with Crippen LogP contribution in [-0.2, 0) is 11.8 Å². The van der Waals surface area contributed by atoms with Gasteiger partial charge in [-0.15, -0.1) is 0 Å². The fourth-order valence-electron chi connectivity index (χ4n) is 1.62. The maximum Gasteiger partial charge on any atom is 0.377 e. The minimum Gasteiger partial charge on any atom is -0.475 e. The maximum absolute atomic E-state index is 11.4. The molecule has 15 heavy (non-hydrogen) atoms. The summed E-state index contributed by atoms with van der Waals surface area (Å²) in [5.41, 5.74) is 1.09. The number of hydrogen-bond donors (Lipinski definition) is 1. The summed E-state index contributed by atoms with van der Waals surface area (Å²) < 4.78 is 1.84. The van der Waals surface area contributed by atoms with Gasteiger partial charge in [0.2, 0.25) is 0 Å². The predicted molar refractivity (Wildman–Crippen MR) is 54.9 cm³/mol. The standard InChI is InChI=1S/C11H9NO3/c1-12-6-5-7-8(10(13)11(14)15)3-2-4-9(7)12/h2-6H,1H3,(H,14,15). The molecule has 0 aliphatic rings. The van der Waals surface area contributed by atoms with Crippen molar-refractivity contribution in [2.24, 2.45) is 7.05 Å². The Kier molecular flexibility index (Phi) is 2.04. The number of carboxylic acid groups (broad SMARTS) is 1. The Bertz CT molecular complexity index is 554. The van der Waals surface area contributed by atoms with Crippen LogP contribution in [0.4, 0.5) is 0 Å². The Morgan fingerprint density at radius 1 is 1.27 bits per heavy atom. The molecule has 0 bridgehead atoms. The summed E-state index contributed by atoms with van der Waals surface area (Å²) >= 11 is 0. The Morgan fingerprint density at radius 2 is 2.00 bits per heavy atom. The monoisotopic (exact) mass is 203 g/mol. The summed E-state index contributed by atoms with van der Waals surface area (Å²) in [4.78, 5) is 22.0. The Morgan fingerprint density at radius 3 is 2.67 bits per heavy atom. The lowest BCUT2D eigenvalue weighted by Gasteiger charge is -2.00. The molecule has 1 N–H and O–H groups in total. The van der Waals surface area contributed by atoms with E-state index < -0.39 is 11.8 Å². The number of benzene rings is 1. The number of carboxylic acids is 1. The lowest BCUT2D eigenvalue weighted by atomic mass is 10.1. The van der Waals surface area contributed by atoms with Crippen molar-refractivity contribution in [2.45, 2.75) is 0 Å². The van der Waals surface area contributed by atoms with Gasteiger partial charge in [0.05, 0.1) is 0 Å². The van der Waals surface area contributed by atoms with Crippen LogP contribution in [0.3, 0.4) is 0 Å². The zero-order valence-corrected chi connectivity index (χ0v) is 8.10. The van der Waals surface area contributed by atoms with Gasteiger partial charge in [-0.25, -0.2) is 4.79 Å². The second-order valence-corrected chi connectivity index (χ2v) is 3.30. The third-order valence-corrected chi connectivity index (χ3v) is 2.37. The predicted octanol–water partition coefficient (Wildman–Crippen LogP) is 1.45. The highest BCUT2D eigenvalue weighted by Crippen LogP contribution is 2.19. The molecule has 1 heterocycles. The van der Waals surface area contributed by atoms with Gasteiger partial charge in [-0.1, -0.05) is 12.1 Å². The van der Waals surface area contributed by atoms with Gasteiger partial charge in [-0.3, -0.25) is 4.79 Å². The van der Waals surface area contributed by atoms with Crippen LogP contribution in [0, 0.1) is 0 Å². The molecule has 0 fully saturated rings. The molecule has 0 saturated carbocycles. The van der Waals surface area contributed by atoms with Crippen molar-refractivity contribution in [3.63, 3.8) is 0 Å². The molecule has 0 aliphatic heterocycles. The van der Waals surface area contributed by atoms with E-state index in [1.54, 1.807) is 18.3 Å². The fourth-order valence-corrected chi connectivity index (χ4v) is 1.62. The summed E-state index contributed by atoms with van der Waals surface area (Å²) in [7, 11) is 1.84. The van der Waals surface area contributed by atoms with Crippen LogP contribution >= 0.6 is 0 Å². The number of ketones is 1. The minimum atomic E-state index is -1.42. The average molecular weight is 203 g/mol. The number of carbonyl (C=O) groups is 2. The van der Waals surface area contributed by atoms with Crippen molar-refractivity contribution >= 4 is 22.7 Å². The Hall–Kier alpha value is -2.10. The van der Waals surface area contributed by atoms with E-state index in [4.69, 9.17) is 5.11 Å². The van der Waals surface area contributed by atoms with Crippen LogP contribution in [0.15, 0.2) is 30.5 Å². The molecule has 0 amide bonds. The number of rotatable bonds is 2. The average Bonchev–Trinajstić information content (AvgIpc) is 2.59. The number of hydrogen-bond acceptors (Lipinski definition) is 2. The second-order valence-electron chi connectivity index (χ2n) is 3.30. The molecule has 0 atom stereocenters. The van der Waals surface area contributed by atoms with Gasteiger partial charge < -0.3 is 9.67 Å². The minimum absolute atomic E-state index is 0.237. The third-order valence-electron chi connectivity index (χ3n) is 2.37. The third kappa shape index (κ3) is 1.40. The van der Waals surface area contributed by atoms with Crippen molar-refractivity contribution < 1.29 is 14.7 Å². The highest BCUT2D eigenvalue weighted by molar-refractivity contribution is 6.42. The smallest absolute Gasteiger partial charge is 0.377 e. The lowest BCUT2D eigenvalue weighted by molar-refractivity contribution is -0.131. The largest absolute Gasteiger partial charge is 0.475 e. The first-order valence-electron chi connectivity index (χ1n) is 4.43. The molecule has 76 valence electrons. The highest BCUT2D eigenvalue weighted by Gasteiger charge is 2.17. The van der Waals surface area contributed by atoms with Crippen molar-refractivity contribution in [1.29, 1.82) is 0 Å². The van der Waals surface area contributed by atoms with Gasteiger partial charge in [0, 0.05) is 29.7 Å². The first kappa shape index (κ1) is 9.45. The van der Waals surface area contributed by atoms with Crippen LogP contribution in [0.2, 0.25) is 0 Å². The summed E-state index contributed by atoms with van der Waals surface area (Å²) in [6.45, 7) is 0. The second kappa shape index (κ2) is 3.24. The van der Waals surface area contributed by atoms with E-state index in [0.717, 1.165) is 5.52 Å². The molecule has 0 aliphatic carbocycles. The van der Waals surface area contributed by atoms with E-state index in [2.05, 4.69) is 0 Å². The highest BCUT2D eigenvalue weighted by atomic mass is 16.4. The number of aryl methyl sites for hydroxylation is 1. The number of aliphatic carboxylic acids is 1. The Balaban J connectivity index is 2.71. The van der Waals surface area contributed by atoms with Gasteiger partial charge in [-0.05, 0) is 12.1 Å². The summed E-state index contributed by atoms with van der Waals surface area (Å²) in [5.74, 6) is -2.29. The van der Waals surface area contributed by atoms with E-state index in [1.807, 2.05) is 17.7 Å². The van der Waals surface area contributed by atoms with E-state index in [9.17, 15) is 9.59 Å². The topological polar surface area (TPSA) is 59.3 Å². The molecule has 1 aromatic heterocycles. The van der Waals surface area contributed by atoms with Crippen molar-refractivity contribution in [3.05, 3.63) is 36.0 Å². The number of carbonyl (C=O) groups excluding carboxylic acids is 1. The van der Waals surface area contributed by atoms with Gasteiger partial charge in [0.15, 0.2) is 0 Å². The molecule has 0 radical (unpaired) electrons. The number of Topliss-reactive ketones (excluding diaryl/α,β-unsaturated/α-hetero) is 1. The van der Waals surface area contributed by atoms with Crippen molar-refractivity contribution in [1.82, 2.24) is 4.57 Å². The molecule has 0 saturated heterocycles. The first-order valence-corrected chi connectivity index (χ1v) is 4.43. The van der Waals surface area contributed by atoms with Crippen LogP contribution < -0.4 is 0 Å². The Labute approximate surface area is 85.7 Å². The van der Waals surface area contributed by atoms with Crippen LogP contribution in [-0.4, -0.2) is 21.4 Å². The first-order chi connectivity index (χ1) is 7.11. The molecule has 4 heteroatoms. The SMILES string of the molecule is Cn1ccc2c(C(=O)C(=O)O)cccc21. The summed E-state index contributed by atoms with van der Waals surface area (Å²) in [5, 5.41) is 9.32. The maximum atomic E-state index is 11.4. The van der Waals surface area contributed by atoms with E-state index in [-0.39, 0.29) is 5.56 Å². The van der Waals surface area contributed by atoms with Crippen LogP contribution in [0.1, 0.15) is 10.4 Å². The van der Waals surface area contributed by atoms with Crippen molar-refractivity contribution in [2.75, 3.05) is 0 Å². The normalized spacial score (nSPS) is 10.5. The van der Waals surface area contributed by atoms with E-state index in [0.29, 0.717) is 5.39 Å². The zero-order valence-electron chi connectivity index (χ0n) is 8.10. The van der Waals surface area contributed by atoms with Crippen LogP contribution in [0.5, 0.6) is 0 Å². The molecule has 0 unspecified atom stereocenters. The zero-order chi connectivity index (χ0) is 11.0. The van der Waals surface area contributed by atoms with Gasteiger partial charge in [0.25, 0.3) is 5.78 Å². The molecule has 2 rings (SSSR count). The number of nitrogens with zero attached hydrogens (tertiary/aromatic N) is 1. The van der Waals surface area contributed by atoms with Crippen LogP contribution in [0.25, 0.3) is 10.9 Å². The summed E-state index contributed by atoms with van der Waals surface area (Å²) in [6, 6.07) is 6.79.